The van der Waals surface area contributed by atoms with Gasteiger partial charge in [0, 0.05) is 35.5 Å². The first kappa shape index (κ1) is 12.9. The van der Waals surface area contributed by atoms with E-state index in [4.69, 9.17) is 5.73 Å². The number of nitrogens with one attached hydrogen (secondary N) is 1. The van der Waals surface area contributed by atoms with E-state index < -0.39 is 0 Å². The Morgan fingerprint density at radius 3 is 2.94 bits per heavy atom. The van der Waals surface area contributed by atoms with Crippen LogP contribution in [0.15, 0.2) is 18.2 Å². The van der Waals surface area contributed by atoms with Gasteiger partial charge in [0.1, 0.15) is 0 Å². The molecule has 0 heterocycles. The Morgan fingerprint density at radius 1 is 1.50 bits per heavy atom. The Labute approximate surface area is 107 Å². The second-order valence-electron chi connectivity index (χ2n) is 4.98. The average Bonchev–Trinajstić information content (AvgIpc) is 2.78. The first-order valence-corrected chi connectivity index (χ1v) is 6.39. The maximum atomic E-state index is 11.4. The fourth-order valence-electron chi connectivity index (χ4n) is 2.61. The van der Waals surface area contributed by atoms with Gasteiger partial charge in [-0.25, -0.2) is 0 Å². The van der Waals surface area contributed by atoms with Gasteiger partial charge in [-0.15, -0.1) is 0 Å². The van der Waals surface area contributed by atoms with Crippen LogP contribution in [0.1, 0.15) is 36.5 Å². The summed E-state index contributed by atoms with van der Waals surface area (Å²) in [6, 6.07) is 5.72. The highest BCUT2D eigenvalue weighted by Crippen LogP contribution is 2.29. The van der Waals surface area contributed by atoms with Crippen molar-refractivity contribution in [1.29, 1.82) is 0 Å². The summed E-state index contributed by atoms with van der Waals surface area (Å²) in [5.74, 6) is 0.282. The van der Waals surface area contributed by atoms with E-state index in [-0.39, 0.29) is 12.4 Å². The number of ketones is 1. The summed E-state index contributed by atoms with van der Waals surface area (Å²) in [5.41, 5.74) is 7.73. The second kappa shape index (κ2) is 5.40. The Bertz CT molecular complexity index is 445. The van der Waals surface area contributed by atoms with Crippen molar-refractivity contribution in [3.63, 3.8) is 0 Å². The zero-order chi connectivity index (χ0) is 13.1. The fourth-order valence-corrected chi connectivity index (χ4v) is 2.61. The minimum Gasteiger partial charge on any atom is -0.398 e. The molecule has 4 nitrogen and oxygen atoms in total. The summed E-state index contributed by atoms with van der Waals surface area (Å²) >= 11 is 0. The number of Topliss-reactive ketones (excluding diaryl/α,β-unsaturated/α-hetero) is 1. The van der Waals surface area contributed by atoms with Crippen molar-refractivity contribution in [3.8, 4) is 0 Å². The molecule has 1 saturated carbocycles. The number of nitrogens with two attached hydrogens (primary N) is 1. The molecule has 0 bridgehead atoms. The number of hydrogen-bond acceptors (Lipinski definition) is 4. The van der Waals surface area contributed by atoms with Gasteiger partial charge in [0.2, 0.25) is 0 Å². The minimum absolute atomic E-state index is 0.0266. The van der Waals surface area contributed by atoms with Gasteiger partial charge in [-0.2, -0.15) is 0 Å². The van der Waals surface area contributed by atoms with E-state index in [2.05, 4.69) is 5.32 Å². The molecule has 0 aromatic heterocycles. The van der Waals surface area contributed by atoms with E-state index >= 15 is 0 Å². The van der Waals surface area contributed by atoms with Crippen LogP contribution < -0.4 is 11.1 Å². The topological polar surface area (TPSA) is 75.3 Å². The molecule has 4 heteroatoms. The van der Waals surface area contributed by atoms with Crippen molar-refractivity contribution in [1.82, 2.24) is 0 Å². The molecule has 18 heavy (non-hydrogen) atoms. The van der Waals surface area contributed by atoms with Gasteiger partial charge < -0.3 is 16.2 Å². The van der Waals surface area contributed by atoms with Gasteiger partial charge >= 0.3 is 0 Å². The van der Waals surface area contributed by atoms with E-state index in [1.165, 1.54) is 6.92 Å². The van der Waals surface area contributed by atoms with Crippen molar-refractivity contribution in [2.24, 2.45) is 5.92 Å². The molecular formula is C14H20N2O2. The standard InChI is InChI=1S/C14H20N2O2/c1-9(18)12-7-11(5-6-13(12)15)16-14-4-2-3-10(14)8-17/h5-7,10,14,16-17H,2-4,8,15H2,1H3. The molecule has 1 aromatic carbocycles. The predicted molar refractivity (Wildman–Crippen MR) is 72.7 cm³/mol. The average molecular weight is 248 g/mol. The zero-order valence-electron chi connectivity index (χ0n) is 10.6. The molecule has 0 radical (unpaired) electrons. The third-order valence-corrected chi connectivity index (χ3v) is 3.68. The molecule has 0 aliphatic heterocycles. The molecule has 0 saturated heterocycles. The molecule has 1 fully saturated rings. The van der Waals surface area contributed by atoms with Crippen LogP contribution in [0, 0.1) is 5.92 Å². The van der Waals surface area contributed by atoms with Gasteiger partial charge in [-0.1, -0.05) is 6.42 Å². The van der Waals surface area contributed by atoms with Gasteiger partial charge in [0.25, 0.3) is 0 Å². The Morgan fingerprint density at radius 2 is 2.28 bits per heavy atom. The summed E-state index contributed by atoms with van der Waals surface area (Å²) in [5, 5.41) is 12.7. The van der Waals surface area contributed by atoms with Crippen LogP contribution in [0.3, 0.4) is 0 Å². The molecule has 0 amide bonds. The van der Waals surface area contributed by atoms with Crippen LogP contribution >= 0.6 is 0 Å². The van der Waals surface area contributed by atoms with Gasteiger partial charge in [0.05, 0.1) is 0 Å². The molecular weight excluding hydrogens is 228 g/mol. The maximum absolute atomic E-state index is 11.4. The summed E-state index contributed by atoms with van der Waals surface area (Å²) in [7, 11) is 0. The lowest BCUT2D eigenvalue weighted by Gasteiger charge is -2.20. The molecule has 0 spiro atoms. The highest BCUT2D eigenvalue weighted by atomic mass is 16.3. The van der Waals surface area contributed by atoms with E-state index in [1.54, 1.807) is 12.1 Å². The summed E-state index contributed by atoms with van der Waals surface area (Å²) in [6.07, 6.45) is 3.26. The van der Waals surface area contributed by atoms with Crippen LogP contribution in [0.25, 0.3) is 0 Å². The Kier molecular flexibility index (Phi) is 3.87. The lowest BCUT2D eigenvalue weighted by atomic mass is 10.0. The van der Waals surface area contributed by atoms with Crippen molar-refractivity contribution < 1.29 is 9.90 Å². The van der Waals surface area contributed by atoms with Crippen LogP contribution in [-0.2, 0) is 0 Å². The SMILES string of the molecule is CC(=O)c1cc(NC2CCCC2CO)ccc1N. The van der Waals surface area contributed by atoms with E-state index in [1.807, 2.05) is 6.07 Å². The molecule has 1 aliphatic carbocycles. The number of nitrogen functional groups attached to an aromatic ring is 1. The first-order chi connectivity index (χ1) is 8.61. The lowest BCUT2D eigenvalue weighted by Crippen LogP contribution is -2.26. The van der Waals surface area contributed by atoms with E-state index in [0.29, 0.717) is 23.2 Å². The third-order valence-electron chi connectivity index (χ3n) is 3.68. The Hall–Kier alpha value is -1.55. The quantitative estimate of drug-likeness (QED) is 0.563. The lowest BCUT2D eigenvalue weighted by molar-refractivity contribution is 0.101. The number of aliphatic hydroxyl groups excluding tert-OH is 1. The highest BCUT2D eigenvalue weighted by Gasteiger charge is 2.26. The van der Waals surface area contributed by atoms with Gasteiger partial charge in [-0.3, -0.25) is 4.79 Å². The highest BCUT2D eigenvalue weighted by molar-refractivity contribution is 6.00. The molecule has 1 aliphatic rings. The number of benzene rings is 1. The minimum atomic E-state index is -0.0266. The first-order valence-electron chi connectivity index (χ1n) is 6.39. The molecule has 2 unspecified atom stereocenters. The Balaban J connectivity index is 2.14. The molecule has 2 atom stereocenters. The smallest absolute Gasteiger partial charge is 0.161 e. The summed E-state index contributed by atoms with van der Waals surface area (Å²) in [4.78, 5) is 11.4. The summed E-state index contributed by atoms with van der Waals surface area (Å²) in [6.45, 7) is 1.73. The third kappa shape index (κ3) is 2.64. The predicted octanol–water partition coefficient (Wildman–Crippen LogP) is 2.04. The fraction of sp³-hybridized carbons (Fsp3) is 0.500. The number of carbonyl (C=O) groups excluding carboxylic acids is 1. The van der Waals surface area contributed by atoms with Crippen LogP contribution in [0.4, 0.5) is 11.4 Å². The molecule has 2 rings (SSSR count). The van der Waals surface area contributed by atoms with E-state index in [0.717, 1.165) is 24.9 Å². The van der Waals surface area contributed by atoms with E-state index in [9.17, 15) is 9.90 Å². The number of aliphatic hydroxyl groups is 1. The van der Waals surface area contributed by atoms with Crippen molar-refractivity contribution in [2.45, 2.75) is 32.2 Å². The largest absolute Gasteiger partial charge is 0.398 e. The summed E-state index contributed by atoms with van der Waals surface area (Å²) < 4.78 is 0. The van der Waals surface area contributed by atoms with Crippen LogP contribution in [0.2, 0.25) is 0 Å². The van der Waals surface area contributed by atoms with Crippen LogP contribution in [-0.4, -0.2) is 23.5 Å². The monoisotopic (exact) mass is 248 g/mol. The number of carbonyl (C=O) groups is 1. The number of hydrogen-bond donors (Lipinski definition) is 3. The second-order valence-corrected chi connectivity index (χ2v) is 4.98. The number of rotatable bonds is 4. The number of anilines is 2. The van der Waals surface area contributed by atoms with Crippen LogP contribution in [0.5, 0.6) is 0 Å². The molecule has 1 aromatic rings. The normalized spacial score (nSPS) is 23.0. The van der Waals surface area contributed by atoms with Crippen molar-refractivity contribution in [2.75, 3.05) is 17.7 Å². The maximum Gasteiger partial charge on any atom is 0.161 e. The van der Waals surface area contributed by atoms with Crippen molar-refractivity contribution >= 4 is 17.2 Å². The molecule has 4 N–H and O–H groups in total. The molecule has 98 valence electrons. The van der Waals surface area contributed by atoms with Crippen molar-refractivity contribution in [3.05, 3.63) is 23.8 Å². The van der Waals surface area contributed by atoms with Gasteiger partial charge in [-0.05, 0) is 38.0 Å². The van der Waals surface area contributed by atoms with Gasteiger partial charge in [0.15, 0.2) is 5.78 Å². The zero-order valence-corrected chi connectivity index (χ0v) is 10.6.